The molecule has 130 valence electrons. The summed E-state index contributed by atoms with van der Waals surface area (Å²) in [6.45, 7) is 8.99. The number of benzene rings is 1. The van der Waals surface area contributed by atoms with Crippen LogP contribution in [0, 0.1) is 12.8 Å². The van der Waals surface area contributed by atoms with Crippen molar-refractivity contribution in [2.45, 2.75) is 47.1 Å². The minimum Gasteiger partial charge on any atom is -0.339 e. The van der Waals surface area contributed by atoms with Gasteiger partial charge in [0.2, 0.25) is 0 Å². The molecule has 1 aromatic carbocycles. The van der Waals surface area contributed by atoms with Gasteiger partial charge in [-0.3, -0.25) is 9.78 Å². The smallest absolute Gasteiger partial charge is 0.167 e. The van der Waals surface area contributed by atoms with E-state index < -0.39 is 0 Å². The van der Waals surface area contributed by atoms with E-state index in [4.69, 9.17) is 0 Å². The average Bonchev–Trinajstić information content (AvgIpc) is 2.90. The Labute approximate surface area is 149 Å². The van der Waals surface area contributed by atoms with E-state index in [0.29, 0.717) is 0 Å². The summed E-state index contributed by atoms with van der Waals surface area (Å²) in [5, 5.41) is 1.12. The zero-order valence-corrected chi connectivity index (χ0v) is 15.5. The van der Waals surface area contributed by atoms with Crippen LogP contribution in [0.2, 0.25) is 0 Å². The van der Waals surface area contributed by atoms with Crippen molar-refractivity contribution < 1.29 is 4.79 Å². The normalized spacial score (nSPS) is 11.4. The SMILES string of the molecule is CCCc1c(C(=O)C(C)C)c2c(C)cccc2n1Cc1cccnc1. The van der Waals surface area contributed by atoms with Crippen molar-refractivity contribution in [3.8, 4) is 0 Å². The van der Waals surface area contributed by atoms with Gasteiger partial charge >= 0.3 is 0 Å². The molecular formula is C22H26N2O. The zero-order chi connectivity index (χ0) is 18.0. The Kier molecular flexibility index (Phi) is 5.03. The van der Waals surface area contributed by atoms with Crippen LogP contribution in [0.15, 0.2) is 42.7 Å². The summed E-state index contributed by atoms with van der Waals surface area (Å²) in [7, 11) is 0. The van der Waals surface area contributed by atoms with Crippen LogP contribution in [0.25, 0.3) is 10.9 Å². The first kappa shape index (κ1) is 17.4. The maximum Gasteiger partial charge on any atom is 0.167 e. The van der Waals surface area contributed by atoms with Crippen LogP contribution >= 0.6 is 0 Å². The van der Waals surface area contributed by atoms with Gasteiger partial charge in [0.25, 0.3) is 0 Å². The molecule has 0 saturated carbocycles. The monoisotopic (exact) mass is 334 g/mol. The van der Waals surface area contributed by atoms with E-state index >= 15 is 0 Å². The highest BCUT2D eigenvalue weighted by atomic mass is 16.1. The van der Waals surface area contributed by atoms with Crippen LogP contribution in [-0.2, 0) is 13.0 Å². The molecule has 0 spiro atoms. The lowest BCUT2D eigenvalue weighted by molar-refractivity contribution is 0.0939. The molecule has 2 aromatic heterocycles. The first-order valence-corrected chi connectivity index (χ1v) is 9.08. The van der Waals surface area contributed by atoms with Gasteiger partial charge in [-0.2, -0.15) is 0 Å². The average molecular weight is 334 g/mol. The van der Waals surface area contributed by atoms with E-state index in [1.165, 1.54) is 5.56 Å². The summed E-state index contributed by atoms with van der Waals surface area (Å²) >= 11 is 0. The van der Waals surface area contributed by atoms with E-state index in [1.807, 2.05) is 26.1 Å². The number of fused-ring (bicyclic) bond motifs is 1. The molecule has 0 aliphatic carbocycles. The first-order valence-electron chi connectivity index (χ1n) is 9.08. The lowest BCUT2D eigenvalue weighted by Crippen LogP contribution is -2.12. The van der Waals surface area contributed by atoms with Gasteiger partial charge in [0.05, 0.1) is 0 Å². The van der Waals surface area contributed by atoms with Crippen LogP contribution in [0.3, 0.4) is 0 Å². The molecular weight excluding hydrogens is 308 g/mol. The Morgan fingerprint density at radius 1 is 1.20 bits per heavy atom. The number of hydrogen-bond donors (Lipinski definition) is 0. The maximum absolute atomic E-state index is 13.0. The highest BCUT2D eigenvalue weighted by molar-refractivity contribution is 6.11. The fourth-order valence-corrected chi connectivity index (χ4v) is 3.53. The molecule has 0 amide bonds. The summed E-state index contributed by atoms with van der Waals surface area (Å²) in [4.78, 5) is 17.3. The molecule has 0 saturated heterocycles. The second kappa shape index (κ2) is 7.22. The van der Waals surface area contributed by atoms with Gasteiger partial charge in [0, 0.05) is 47.0 Å². The Hall–Kier alpha value is -2.42. The van der Waals surface area contributed by atoms with Crippen molar-refractivity contribution in [3.63, 3.8) is 0 Å². The zero-order valence-electron chi connectivity index (χ0n) is 15.5. The van der Waals surface area contributed by atoms with Crippen molar-refractivity contribution in [1.29, 1.82) is 0 Å². The summed E-state index contributed by atoms with van der Waals surface area (Å²) in [5.41, 5.74) is 5.56. The highest BCUT2D eigenvalue weighted by Crippen LogP contribution is 2.32. The number of carbonyl (C=O) groups excluding carboxylic acids is 1. The molecule has 3 aromatic rings. The molecule has 3 heteroatoms. The minimum atomic E-state index is -0.00680. The number of aryl methyl sites for hydroxylation is 1. The number of Topliss-reactive ketones (excluding diaryl/α,β-unsaturated/α-hetero) is 1. The van der Waals surface area contributed by atoms with Gasteiger partial charge in [-0.05, 0) is 36.6 Å². The van der Waals surface area contributed by atoms with Gasteiger partial charge in [0.1, 0.15) is 0 Å². The predicted octanol–water partition coefficient (Wildman–Crippen LogP) is 5.18. The van der Waals surface area contributed by atoms with Crippen LogP contribution in [-0.4, -0.2) is 15.3 Å². The Morgan fingerprint density at radius 3 is 2.64 bits per heavy atom. The molecule has 0 N–H and O–H groups in total. The summed E-state index contributed by atoms with van der Waals surface area (Å²) in [5.74, 6) is 0.236. The summed E-state index contributed by atoms with van der Waals surface area (Å²) in [6.07, 6.45) is 5.62. The van der Waals surface area contributed by atoms with Crippen molar-refractivity contribution in [3.05, 3.63) is 65.1 Å². The predicted molar refractivity (Wildman–Crippen MR) is 103 cm³/mol. The van der Waals surface area contributed by atoms with E-state index in [1.54, 1.807) is 6.20 Å². The van der Waals surface area contributed by atoms with Crippen LogP contribution in [0.1, 0.15) is 54.4 Å². The van der Waals surface area contributed by atoms with Crippen molar-refractivity contribution >= 4 is 16.7 Å². The largest absolute Gasteiger partial charge is 0.339 e. The van der Waals surface area contributed by atoms with Gasteiger partial charge in [-0.25, -0.2) is 0 Å². The number of ketones is 1. The molecule has 0 atom stereocenters. The number of hydrogen-bond acceptors (Lipinski definition) is 2. The molecule has 0 fully saturated rings. The molecule has 0 aliphatic heterocycles. The third-order valence-corrected chi connectivity index (χ3v) is 4.73. The number of pyridine rings is 1. The van der Waals surface area contributed by atoms with Gasteiger partial charge in [0.15, 0.2) is 5.78 Å². The topological polar surface area (TPSA) is 34.9 Å². The second-order valence-electron chi connectivity index (χ2n) is 7.01. The number of aromatic nitrogens is 2. The highest BCUT2D eigenvalue weighted by Gasteiger charge is 2.24. The van der Waals surface area contributed by atoms with Crippen LogP contribution < -0.4 is 0 Å². The molecule has 3 nitrogen and oxygen atoms in total. The Morgan fingerprint density at radius 2 is 2.00 bits per heavy atom. The lowest BCUT2D eigenvalue weighted by atomic mass is 9.95. The molecule has 0 radical (unpaired) electrons. The Balaban J connectivity index is 2.29. The third-order valence-electron chi connectivity index (χ3n) is 4.73. The fourth-order valence-electron chi connectivity index (χ4n) is 3.53. The Bertz CT molecular complexity index is 891. The standard InChI is InChI=1S/C22H26N2O/c1-5-8-18-21(22(25)15(2)3)20-16(4)9-6-11-19(20)24(18)14-17-10-7-12-23-13-17/h6-7,9-13,15H,5,8,14H2,1-4H3. The third kappa shape index (κ3) is 3.23. The first-order chi connectivity index (χ1) is 12.0. The van der Waals surface area contributed by atoms with Crippen LogP contribution in [0.4, 0.5) is 0 Å². The van der Waals surface area contributed by atoms with Crippen molar-refractivity contribution in [1.82, 2.24) is 9.55 Å². The number of rotatable bonds is 6. The quantitative estimate of drug-likeness (QED) is 0.582. The molecule has 0 aliphatic rings. The summed E-state index contributed by atoms with van der Waals surface area (Å²) < 4.78 is 2.32. The molecule has 0 bridgehead atoms. The molecule has 2 heterocycles. The van der Waals surface area contributed by atoms with Crippen molar-refractivity contribution in [2.24, 2.45) is 5.92 Å². The van der Waals surface area contributed by atoms with Crippen molar-refractivity contribution in [2.75, 3.05) is 0 Å². The van der Waals surface area contributed by atoms with E-state index in [2.05, 4.69) is 47.7 Å². The molecule has 3 rings (SSSR count). The number of nitrogens with zero attached hydrogens (tertiary/aromatic N) is 2. The van der Waals surface area contributed by atoms with Crippen LogP contribution in [0.5, 0.6) is 0 Å². The van der Waals surface area contributed by atoms with Gasteiger partial charge in [-0.15, -0.1) is 0 Å². The molecule has 0 unspecified atom stereocenters. The number of carbonyl (C=O) groups is 1. The minimum absolute atomic E-state index is 0.00680. The lowest BCUT2D eigenvalue weighted by Gasteiger charge is -2.12. The van der Waals surface area contributed by atoms with E-state index in [-0.39, 0.29) is 11.7 Å². The van der Waals surface area contributed by atoms with E-state index in [9.17, 15) is 4.79 Å². The second-order valence-corrected chi connectivity index (χ2v) is 7.01. The fraction of sp³-hybridized carbons (Fsp3) is 0.364. The van der Waals surface area contributed by atoms with E-state index in [0.717, 1.165) is 47.1 Å². The molecule has 25 heavy (non-hydrogen) atoms. The summed E-state index contributed by atoms with van der Waals surface area (Å²) in [6, 6.07) is 10.4. The van der Waals surface area contributed by atoms with Gasteiger partial charge in [-0.1, -0.05) is 45.4 Å². The maximum atomic E-state index is 13.0. The van der Waals surface area contributed by atoms with Gasteiger partial charge < -0.3 is 4.57 Å².